The fourth-order valence-corrected chi connectivity index (χ4v) is 1.92. The predicted molar refractivity (Wildman–Crippen MR) is 77.1 cm³/mol. The molecule has 0 radical (unpaired) electrons. The third-order valence-corrected chi connectivity index (χ3v) is 3.01. The maximum Gasteiger partial charge on any atom is 0.138 e. The molecule has 3 heteroatoms. The van der Waals surface area contributed by atoms with E-state index in [9.17, 15) is 0 Å². The Labute approximate surface area is 114 Å². The van der Waals surface area contributed by atoms with Crippen molar-refractivity contribution in [3.63, 3.8) is 0 Å². The molecule has 0 aliphatic rings. The van der Waals surface area contributed by atoms with Gasteiger partial charge in [0.1, 0.15) is 11.9 Å². The number of hydrogen-bond donors (Lipinski definition) is 1. The van der Waals surface area contributed by atoms with E-state index in [0.29, 0.717) is 0 Å². The topological polar surface area (TPSA) is 48.1 Å². The number of aryl methyl sites for hydroxylation is 1. The summed E-state index contributed by atoms with van der Waals surface area (Å²) in [5.41, 5.74) is 7.74. The molecule has 1 aromatic carbocycles. The molecule has 2 aromatic rings. The number of nitrogens with zero attached hydrogens (tertiary/aromatic N) is 1. The van der Waals surface area contributed by atoms with Gasteiger partial charge in [0.2, 0.25) is 0 Å². The van der Waals surface area contributed by atoms with Crippen LogP contribution in [0.4, 0.5) is 0 Å². The van der Waals surface area contributed by atoms with E-state index >= 15 is 0 Å². The van der Waals surface area contributed by atoms with Crippen molar-refractivity contribution >= 4 is 0 Å². The molecule has 1 unspecified atom stereocenters. The van der Waals surface area contributed by atoms with Crippen molar-refractivity contribution < 1.29 is 4.74 Å². The van der Waals surface area contributed by atoms with Gasteiger partial charge in [-0.2, -0.15) is 0 Å². The zero-order chi connectivity index (χ0) is 13.5. The number of hydrogen-bond acceptors (Lipinski definition) is 3. The van der Waals surface area contributed by atoms with Crippen LogP contribution in [-0.2, 0) is 6.42 Å². The summed E-state index contributed by atoms with van der Waals surface area (Å²) in [5.74, 6) is 0.870. The second-order valence-electron chi connectivity index (χ2n) is 4.55. The van der Waals surface area contributed by atoms with Crippen molar-refractivity contribution in [3.05, 3.63) is 59.9 Å². The van der Waals surface area contributed by atoms with Crippen LogP contribution in [0, 0.1) is 0 Å². The average molecular weight is 256 g/mol. The number of benzene rings is 1. The molecule has 1 atom stereocenters. The van der Waals surface area contributed by atoms with Crippen LogP contribution in [0.5, 0.6) is 5.75 Å². The summed E-state index contributed by atoms with van der Waals surface area (Å²) < 4.78 is 5.87. The Kier molecular flexibility index (Phi) is 4.93. The third kappa shape index (κ3) is 4.07. The number of pyridine rings is 1. The van der Waals surface area contributed by atoms with Gasteiger partial charge in [-0.15, -0.1) is 0 Å². The van der Waals surface area contributed by atoms with Gasteiger partial charge in [0.05, 0.1) is 5.69 Å². The Hall–Kier alpha value is -1.87. The first-order valence-electron chi connectivity index (χ1n) is 6.66. The molecule has 0 bridgehead atoms. The molecular formula is C16H20N2O. The van der Waals surface area contributed by atoms with E-state index in [1.165, 1.54) is 5.56 Å². The normalized spacial score (nSPS) is 12.1. The number of nitrogens with two attached hydrogens (primary N) is 1. The molecular weight excluding hydrogens is 236 g/mol. The molecule has 1 aromatic heterocycles. The molecule has 2 N–H and O–H groups in total. The van der Waals surface area contributed by atoms with E-state index in [1.54, 1.807) is 6.20 Å². The van der Waals surface area contributed by atoms with Gasteiger partial charge in [0.15, 0.2) is 0 Å². The Balaban J connectivity index is 1.96. The van der Waals surface area contributed by atoms with E-state index < -0.39 is 0 Å². The third-order valence-electron chi connectivity index (χ3n) is 3.01. The Morgan fingerprint density at radius 3 is 2.58 bits per heavy atom. The zero-order valence-electron chi connectivity index (χ0n) is 11.3. The van der Waals surface area contributed by atoms with Gasteiger partial charge >= 0.3 is 0 Å². The second kappa shape index (κ2) is 6.90. The van der Waals surface area contributed by atoms with Gasteiger partial charge < -0.3 is 10.5 Å². The second-order valence-corrected chi connectivity index (χ2v) is 4.55. The number of rotatable bonds is 6. The highest BCUT2D eigenvalue weighted by molar-refractivity contribution is 5.28. The summed E-state index contributed by atoms with van der Waals surface area (Å²) in [4.78, 5) is 4.29. The minimum atomic E-state index is -0.0453. The van der Waals surface area contributed by atoms with Crippen LogP contribution < -0.4 is 10.5 Å². The van der Waals surface area contributed by atoms with Crippen LogP contribution in [0.25, 0.3) is 0 Å². The molecule has 3 nitrogen and oxygen atoms in total. The van der Waals surface area contributed by atoms with Gasteiger partial charge in [0, 0.05) is 6.20 Å². The van der Waals surface area contributed by atoms with Crippen LogP contribution >= 0.6 is 0 Å². The molecule has 0 aliphatic heterocycles. The quantitative estimate of drug-likeness (QED) is 0.864. The van der Waals surface area contributed by atoms with Gasteiger partial charge in [-0.1, -0.05) is 18.2 Å². The van der Waals surface area contributed by atoms with Gasteiger partial charge in [0.25, 0.3) is 0 Å². The van der Waals surface area contributed by atoms with Crippen molar-refractivity contribution in [2.45, 2.75) is 25.9 Å². The zero-order valence-corrected chi connectivity index (χ0v) is 11.3. The molecule has 0 amide bonds. The monoisotopic (exact) mass is 256 g/mol. The predicted octanol–water partition coefficient (Wildman–Crippen LogP) is 3.11. The largest absolute Gasteiger partial charge is 0.484 e. The van der Waals surface area contributed by atoms with E-state index in [2.05, 4.69) is 17.1 Å². The first kappa shape index (κ1) is 13.6. The van der Waals surface area contributed by atoms with Crippen molar-refractivity contribution in [3.8, 4) is 5.75 Å². The van der Waals surface area contributed by atoms with Crippen molar-refractivity contribution in [1.82, 2.24) is 4.98 Å². The lowest BCUT2D eigenvalue weighted by Gasteiger charge is -2.14. The minimum Gasteiger partial charge on any atom is -0.484 e. The smallest absolute Gasteiger partial charge is 0.138 e. The maximum atomic E-state index is 5.87. The average Bonchev–Trinajstić information content (AvgIpc) is 2.47. The lowest BCUT2D eigenvalue weighted by atomic mass is 10.1. The summed E-state index contributed by atoms with van der Waals surface area (Å²) >= 11 is 0. The van der Waals surface area contributed by atoms with E-state index in [4.69, 9.17) is 10.5 Å². The van der Waals surface area contributed by atoms with E-state index in [1.807, 2.05) is 37.3 Å². The molecule has 0 spiro atoms. The highest BCUT2D eigenvalue weighted by Crippen LogP contribution is 2.20. The summed E-state index contributed by atoms with van der Waals surface area (Å²) in [6.45, 7) is 2.74. The van der Waals surface area contributed by atoms with Gasteiger partial charge in [-0.05, 0) is 56.1 Å². The summed E-state index contributed by atoms with van der Waals surface area (Å²) in [5, 5.41) is 0. The number of aromatic nitrogens is 1. The van der Waals surface area contributed by atoms with Crippen molar-refractivity contribution in [2.75, 3.05) is 6.54 Å². The Morgan fingerprint density at radius 2 is 1.95 bits per heavy atom. The highest BCUT2D eigenvalue weighted by Gasteiger charge is 2.07. The first-order chi connectivity index (χ1) is 9.29. The van der Waals surface area contributed by atoms with Crippen molar-refractivity contribution in [1.29, 1.82) is 0 Å². The molecule has 0 fully saturated rings. The summed E-state index contributed by atoms with van der Waals surface area (Å²) in [7, 11) is 0. The van der Waals surface area contributed by atoms with E-state index in [-0.39, 0.29) is 6.10 Å². The van der Waals surface area contributed by atoms with Gasteiger partial charge in [-0.25, -0.2) is 0 Å². The standard InChI is InChI=1S/C16H20N2O/c1-13(16-6-2-3-12-18-16)19-15-9-7-14(8-10-15)5-4-11-17/h2-3,6-10,12-13H,4-5,11,17H2,1H3. The van der Waals surface area contributed by atoms with Crippen LogP contribution in [0.3, 0.4) is 0 Å². The lowest BCUT2D eigenvalue weighted by Crippen LogP contribution is -2.05. The van der Waals surface area contributed by atoms with Crippen molar-refractivity contribution in [2.24, 2.45) is 5.73 Å². The molecule has 0 saturated carbocycles. The molecule has 0 saturated heterocycles. The molecule has 100 valence electrons. The van der Waals surface area contributed by atoms with E-state index in [0.717, 1.165) is 30.8 Å². The molecule has 0 aliphatic carbocycles. The van der Waals surface area contributed by atoms with Crippen LogP contribution in [0.15, 0.2) is 48.7 Å². The Bertz CT molecular complexity index is 482. The molecule has 19 heavy (non-hydrogen) atoms. The minimum absolute atomic E-state index is 0.0453. The summed E-state index contributed by atoms with van der Waals surface area (Å²) in [6.07, 6.45) is 3.78. The fraction of sp³-hybridized carbons (Fsp3) is 0.312. The Morgan fingerprint density at radius 1 is 1.16 bits per heavy atom. The maximum absolute atomic E-state index is 5.87. The van der Waals surface area contributed by atoms with Gasteiger partial charge in [-0.3, -0.25) is 4.98 Å². The van der Waals surface area contributed by atoms with Crippen LogP contribution in [-0.4, -0.2) is 11.5 Å². The molecule has 1 heterocycles. The number of ether oxygens (including phenoxy) is 1. The SMILES string of the molecule is CC(Oc1ccc(CCCN)cc1)c1ccccn1. The molecule has 2 rings (SSSR count). The van der Waals surface area contributed by atoms with Crippen LogP contribution in [0.2, 0.25) is 0 Å². The van der Waals surface area contributed by atoms with Crippen LogP contribution in [0.1, 0.15) is 30.7 Å². The first-order valence-corrected chi connectivity index (χ1v) is 6.66. The summed E-state index contributed by atoms with van der Waals surface area (Å²) in [6, 6.07) is 14.0. The lowest BCUT2D eigenvalue weighted by molar-refractivity contribution is 0.222. The highest BCUT2D eigenvalue weighted by atomic mass is 16.5. The fourth-order valence-electron chi connectivity index (χ4n) is 1.92.